The van der Waals surface area contributed by atoms with Crippen LogP contribution in [0.25, 0.3) is 0 Å². The number of rotatable bonds is 8. The Morgan fingerprint density at radius 3 is 2.61 bits per heavy atom. The lowest BCUT2D eigenvalue weighted by molar-refractivity contribution is -0.160. The lowest BCUT2D eigenvalue weighted by atomic mass is 9.88. The summed E-state index contributed by atoms with van der Waals surface area (Å²) in [6.07, 6.45) is 8.69. The number of likely N-dealkylation sites (N-methyl/N-ethyl adjacent to an activating group) is 1. The summed E-state index contributed by atoms with van der Waals surface area (Å²) in [6.45, 7) is 3.40. The number of hydrazine groups is 1. The number of hydrogen-bond donors (Lipinski definition) is 1. The Hall–Kier alpha value is -4.64. The van der Waals surface area contributed by atoms with E-state index in [-0.39, 0.29) is 55.9 Å². The lowest BCUT2D eigenvalue weighted by Gasteiger charge is -2.48. The fourth-order valence-electron chi connectivity index (χ4n) is 6.63. The van der Waals surface area contributed by atoms with Gasteiger partial charge >= 0.3 is 12.0 Å². The molecule has 0 spiro atoms. The third-order valence-corrected chi connectivity index (χ3v) is 8.60. The second-order valence-electron chi connectivity index (χ2n) is 11.6. The fraction of sp³-hybridized carbons (Fsp3) is 0.394. The van der Waals surface area contributed by atoms with E-state index in [0.29, 0.717) is 31.7 Å². The minimum absolute atomic E-state index is 0.00669. The summed E-state index contributed by atoms with van der Waals surface area (Å²) >= 11 is 0. The molecule has 0 radical (unpaired) electrons. The van der Waals surface area contributed by atoms with Gasteiger partial charge in [0.15, 0.2) is 5.75 Å². The van der Waals surface area contributed by atoms with Gasteiger partial charge in [0.05, 0.1) is 18.8 Å². The molecule has 2 fully saturated rings. The van der Waals surface area contributed by atoms with Crippen LogP contribution in [0, 0.1) is 5.92 Å². The molecule has 6 rings (SSSR count). The highest BCUT2D eigenvalue weighted by Crippen LogP contribution is 2.38. The zero-order valence-electron chi connectivity index (χ0n) is 25.1. The second-order valence-corrected chi connectivity index (χ2v) is 11.6. The molecular formula is C33H38N6O5. The van der Waals surface area contributed by atoms with Gasteiger partial charge in [0.25, 0.3) is 0 Å². The van der Waals surface area contributed by atoms with E-state index in [1.54, 1.807) is 20.9 Å². The molecule has 2 saturated heterocycles. The zero-order chi connectivity index (χ0) is 30.8. The molecule has 3 heterocycles. The summed E-state index contributed by atoms with van der Waals surface area (Å²) in [7, 11) is 1.83. The molecule has 2 aromatic carbocycles. The van der Waals surface area contributed by atoms with Crippen molar-refractivity contribution in [3.63, 3.8) is 0 Å². The molecular weight excluding hydrogens is 560 g/mol. The Morgan fingerprint density at radius 2 is 1.86 bits per heavy atom. The minimum Gasteiger partial charge on any atom is -0.423 e. The molecule has 4 amide bonds. The first-order valence-electron chi connectivity index (χ1n) is 15.2. The average Bonchev–Trinajstić information content (AvgIpc) is 3.34. The highest BCUT2D eigenvalue weighted by molar-refractivity contribution is 5.92. The van der Waals surface area contributed by atoms with E-state index < -0.39 is 12.2 Å². The maximum atomic E-state index is 14.3. The molecule has 1 aliphatic carbocycles. The van der Waals surface area contributed by atoms with Crippen molar-refractivity contribution in [1.29, 1.82) is 0 Å². The van der Waals surface area contributed by atoms with Crippen molar-refractivity contribution in [2.24, 2.45) is 5.92 Å². The number of hydrogen-bond acceptors (Lipinski definition) is 7. The lowest BCUT2D eigenvalue weighted by Crippen LogP contribution is -2.67. The summed E-state index contributed by atoms with van der Waals surface area (Å²) in [5, 5.41) is 6.47. The maximum absolute atomic E-state index is 14.3. The van der Waals surface area contributed by atoms with E-state index in [1.807, 2.05) is 90.6 Å². The summed E-state index contributed by atoms with van der Waals surface area (Å²) in [6, 6.07) is 14.2. The highest BCUT2D eigenvalue weighted by Gasteiger charge is 2.54. The number of nitrogens with one attached hydrogen (secondary N) is 1. The van der Waals surface area contributed by atoms with Crippen molar-refractivity contribution in [3.8, 4) is 5.75 Å². The molecule has 3 atom stereocenters. The van der Waals surface area contributed by atoms with Gasteiger partial charge in [-0.05, 0) is 30.0 Å². The molecule has 11 nitrogen and oxygen atoms in total. The van der Waals surface area contributed by atoms with Gasteiger partial charge in [-0.25, -0.2) is 9.59 Å². The van der Waals surface area contributed by atoms with Crippen molar-refractivity contribution in [2.75, 3.05) is 38.1 Å². The summed E-state index contributed by atoms with van der Waals surface area (Å²) in [4.78, 5) is 59.0. The smallest absolute Gasteiger partial charge is 0.332 e. The number of fused-ring (bicyclic) bond motifs is 2. The first-order valence-corrected chi connectivity index (χ1v) is 15.2. The van der Waals surface area contributed by atoms with Crippen LogP contribution >= 0.6 is 0 Å². The predicted octanol–water partition coefficient (Wildman–Crippen LogP) is 2.89. The minimum atomic E-state index is -0.710. The van der Waals surface area contributed by atoms with Gasteiger partial charge in [-0.15, -0.1) is 0 Å². The molecule has 11 heteroatoms. The van der Waals surface area contributed by atoms with Crippen molar-refractivity contribution >= 4 is 29.5 Å². The van der Waals surface area contributed by atoms with Crippen LogP contribution < -0.4 is 15.0 Å². The first-order chi connectivity index (χ1) is 21.4. The monoisotopic (exact) mass is 598 g/mol. The molecule has 1 N–H and O–H groups in total. The Balaban J connectivity index is 1.31. The molecule has 0 aromatic heterocycles. The van der Waals surface area contributed by atoms with E-state index >= 15 is 0 Å². The largest absolute Gasteiger partial charge is 0.423 e. The van der Waals surface area contributed by atoms with Crippen molar-refractivity contribution < 1.29 is 23.9 Å². The van der Waals surface area contributed by atoms with E-state index in [1.165, 1.54) is 0 Å². The van der Waals surface area contributed by atoms with Crippen molar-refractivity contribution in [2.45, 2.75) is 45.1 Å². The topological polar surface area (TPSA) is 106 Å². The van der Waals surface area contributed by atoms with Crippen LogP contribution in [-0.4, -0.2) is 89.1 Å². The Kier molecular flexibility index (Phi) is 8.38. The highest BCUT2D eigenvalue weighted by atomic mass is 16.5. The molecule has 0 bridgehead atoms. The number of anilines is 1. The molecule has 230 valence electrons. The first kappa shape index (κ1) is 29.4. The second kappa shape index (κ2) is 12.5. The normalized spacial score (nSPS) is 23.0. The Morgan fingerprint density at radius 1 is 1.05 bits per heavy atom. The van der Waals surface area contributed by atoms with Gasteiger partial charge < -0.3 is 24.8 Å². The molecule has 44 heavy (non-hydrogen) atoms. The third-order valence-electron chi connectivity index (χ3n) is 8.60. The molecule has 3 aliphatic heterocycles. The van der Waals surface area contributed by atoms with Crippen LogP contribution in [0.2, 0.25) is 0 Å². The Bertz CT molecular complexity index is 1490. The van der Waals surface area contributed by atoms with Crippen LogP contribution in [0.5, 0.6) is 5.75 Å². The fourth-order valence-corrected chi connectivity index (χ4v) is 6.63. The van der Waals surface area contributed by atoms with E-state index in [2.05, 4.69) is 5.32 Å². The predicted molar refractivity (Wildman–Crippen MR) is 164 cm³/mol. The number of carbonyl (C=O) groups is 4. The van der Waals surface area contributed by atoms with Crippen molar-refractivity contribution in [3.05, 3.63) is 84.0 Å². The average molecular weight is 599 g/mol. The van der Waals surface area contributed by atoms with Crippen LogP contribution in [0.3, 0.4) is 0 Å². The van der Waals surface area contributed by atoms with Gasteiger partial charge in [0, 0.05) is 32.6 Å². The zero-order valence-corrected chi connectivity index (χ0v) is 25.1. The Labute approximate surface area is 257 Å². The van der Waals surface area contributed by atoms with Gasteiger partial charge in [-0.2, -0.15) is 5.01 Å². The number of esters is 1. The molecule has 0 saturated carbocycles. The number of carbonyl (C=O) groups excluding carboxylic acids is 4. The number of nitrogens with zero attached hydrogens (tertiary/aromatic N) is 5. The quantitative estimate of drug-likeness (QED) is 0.368. The SMILES string of the molecule is CCCN(C(=O)NCc1ccccc1)N1CC(=O)N2C1CN(Cc1cccc3c1N(C)CC(=O)O3)C(=O)[C@@H]2C1C=CC=CC1. The maximum Gasteiger partial charge on any atom is 0.332 e. The van der Waals surface area contributed by atoms with E-state index in [0.717, 1.165) is 16.8 Å². The van der Waals surface area contributed by atoms with Gasteiger partial charge in [0.1, 0.15) is 18.8 Å². The number of ether oxygens (including phenoxy) is 1. The molecule has 4 aliphatic rings. The number of urea groups is 1. The third kappa shape index (κ3) is 5.67. The summed E-state index contributed by atoms with van der Waals surface area (Å²) < 4.78 is 5.50. The molecule has 2 aromatic rings. The number of benzene rings is 2. The van der Waals surface area contributed by atoms with E-state index in [4.69, 9.17) is 4.74 Å². The summed E-state index contributed by atoms with van der Waals surface area (Å²) in [5.41, 5.74) is 2.59. The van der Waals surface area contributed by atoms with Crippen LogP contribution in [0.1, 0.15) is 30.9 Å². The van der Waals surface area contributed by atoms with Gasteiger partial charge in [-0.1, -0.05) is 73.7 Å². The molecule has 2 unspecified atom stereocenters. The van der Waals surface area contributed by atoms with Gasteiger partial charge in [0.2, 0.25) is 11.8 Å². The van der Waals surface area contributed by atoms with E-state index in [9.17, 15) is 19.2 Å². The van der Waals surface area contributed by atoms with Crippen LogP contribution in [-0.2, 0) is 27.5 Å². The number of piperazine rings is 1. The van der Waals surface area contributed by atoms with Crippen LogP contribution in [0.15, 0.2) is 72.8 Å². The van der Waals surface area contributed by atoms with Crippen molar-refractivity contribution in [1.82, 2.24) is 25.1 Å². The number of amides is 4. The standard InChI is InChI=1S/C33H38N6O5/c1-3-17-37(33(43)34-18-23-11-6-4-7-12-23)38-21-28(40)39-27(38)20-36(32(42)31(39)24-13-8-5-9-14-24)19-25-15-10-16-26-30(25)35(2)22-29(41)44-26/h4-13,15-16,24,27,31H,3,14,17-22H2,1-2H3,(H,34,43)/t24?,27?,31-/m0/s1. The van der Waals surface area contributed by atoms with Gasteiger partial charge in [-0.3, -0.25) is 14.6 Å². The summed E-state index contributed by atoms with van der Waals surface area (Å²) in [5.74, 6) is -0.366. The number of allylic oxidation sites excluding steroid dienone is 3. The number of para-hydroxylation sites is 1. The van der Waals surface area contributed by atoms with Crippen LogP contribution in [0.4, 0.5) is 10.5 Å².